The van der Waals surface area contributed by atoms with Gasteiger partial charge in [-0.15, -0.1) is 0 Å². The van der Waals surface area contributed by atoms with Crippen LogP contribution >= 0.6 is 15.9 Å². The first-order valence-corrected chi connectivity index (χ1v) is 6.71. The molecule has 0 saturated heterocycles. The van der Waals surface area contributed by atoms with Gasteiger partial charge >= 0.3 is 0 Å². The molecule has 3 rings (SSSR count). The highest BCUT2D eigenvalue weighted by molar-refractivity contribution is 9.10. The van der Waals surface area contributed by atoms with E-state index in [0.29, 0.717) is 17.3 Å². The van der Waals surface area contributed by atoms with Crippen molar-refractivity contribution < 1.29 is 0 Å². The van der Waals surface area contributed by atoms with E-state index in [1.807, 2.05) is 42.5 Å². The van der Waals surface area contributed by atoms with Crippen LogP contribution in [0.1, 0.15) is 0 Å². The third-order valence-electron chi connectivity index (χ3n) is 2.65. The quantitative estimate of drug-likeness (QED) is 0.782. The molecule has 98 valence electrons. The fraction of sp³-hybridized carbons (Fsp3) is 0. The van der Waals surface area contributed by atoms with Crippen LogP contribution in [-0.4, -0.2) is 19.9 Å². The van der Waals surface area contributed by atoms with E-state index in [1.165, 1.54) is 0 Å². The summed E-state index contributed by atoms with van der Waals surface area (Å²) >= 11 is 3.43. The number of hydrogen-bond acceptors (Lipinski definition) is 5. The first-order valence-electron chi connectivity index (χ1n) is 5.92. The first-order chi connectivity index (χ1) is 9.74. The highest BCUT2D eigenvalue weighted by Gasteiger charge is 2.11. The van der Waals surface area contributed by atoms with E-state index in [1.54, 1.807) is 6.20 Å². The van der Waals surface area contributed by atoms with Gasteiger partial charge in [0.15, 0.2) is 11.6 Å². The Morgan fingerprint density at radius 2 is 1.60 bits per heavy atom. The fourth-order valence-electron chi connectivity index (χ4n) is 1.76. The zero-order chi connectivity index (χ0) is 13.9. The van der Waals surface area contributed by atoms with E-state index in [4.69, 9.17) is 5.73 Å². The fourth-order valence-corrected chi connectivity index (χ4v) is 2.20. The summed E-state index contributed by atoms with van der Waals surface area (Å²) in [7, 11) is 0. The molecule has 0 aliphatic rings. The Morgan fingerprint density at radius 1 is 0.850 bits per heavy atom. The summed E-state index contributed by atoms with van der Waals surface area (Å²) in [5.74, 6) is 1.15. The summed E-state index contributed by atoms with van der Waals surface area (Å²) in [6.07, 6.45) is 1.68. The van der Waals surface area contributed by atoms with Gasteiger partial charge in [0.2, 0.25) is 5.95 Å². The van der Waals surface area contributed by atoms with Crippen LogP contribution in [0.4, 0.5) is 5.95 Å². The molecule has 6 heteroatoms. The molecule has 0 atom stereocenters. The van der Waals surface area contributed by atoms with Crippen LogP contribution in [-0.2, 0) is 0 Å². The monoisotopic (exact) mass is 327 g/mol. The van der Waals surface area contributed by atoms with Crippen molar-refractivity contribution in [2.75, 3.05) is 5.73 Å². The van der Waals surface area contributed by atoms with Gasteiger partial charge < -0.3 is 5.73 Å². The Hall–Kier alpha value is -2.34. The second kappa shape index (κ2) is 5.34. The zero-order valence-corrected chi connectivity index (χ0v) is 11.9. The van der Waals surface area contributed by atoms with Crippen LogP contribution in [0.2, 0.25) is 0 Å². The van der Waals surface area contributed by atoms with Gasteiger partial charge in [-0.05, 0) is 28.1 Å². The molecule has 20 heavy (non-hydrogen) atoms. The molecule has 0 radical (unpaired) electrons. The van der Waals surface area contributed by atoms with Gasteiger partial charge in [-0.25, -0.2) is 4.98 Å². The average Bonchev–Trinajstić information content (AvgIpc) is 2.48. The molecule has 2 N–H and O–H groups in total. The molecule has 2 heterocycles. The van der Waals surface area contributed by atoms with Gasteiger partial charge in [-0.3, -0.25) is 4.98 Å². The molecule has 1 aromatic carbocycles. The number of anilines is 1. The summed E-state index contributed by atoms with van der Waals surface area (Å²) in [6, 6.07) is 13.3. The largest absolute Gasteiger partial charge is 0.368 e. The van der Waals surface area contributed by atoms with E-state index in [2.05, 4.69) is 35.9 Å². The van der Waals surface area contributed by atoms with Gasteiger partial charge in [-0.1, -0.05) is 30.3 Å². The maximum absolute atomic E-state index is 5.78. The number of pyridine rings is 1. The SMILES string of the molecule is Nc1nc(-c2ccccc2)nc(-c2ncccc2Br)n1. The lowest BCUT2D eigenvalue weighted by Crippen LogP contribution is -2.03. The number of hydrogen-bond donors (Lipinski definition) is 1. The minimum Gasteiger partial charge on any atom is -0.368 e. The van der Waals surface area contributed by atoms with Gasteiger partial charge in [-0.2, -0.15) is 9.97 Å². The first kappa shape index (κ1) is 12.7. The van der Waals surface area contributed by atoms with Crippen molar-refractivity contribution in [3.05, 3.63) is 53.1 Å². The number of nitrogens with two attached hydrogens (primary N) is 1. The smallest absolute Gasteiger partial charge is 0.224 e. The van der Waals surface area contributed by atoms with E-state index >= 15 is 0 Å². The Balaban J connectivity index is 2.15. The summed E-state index contributed by atoms with van der Waals surface area (Å²) < 4.78 is 0.810. The second-order valence-electron chi connectivity index (χ2n) is 4.04. The highest BCUT2D eigenvalue weighted by Crippen LogP contribution is 2.24. The van der Waals surface area contributed by atoms with Crippen LogP contribution in [0.5, 0.6) is 0 Å². The average molecular weight is 328 g/mol. The Bertz CT molecular complexity index is 746. The van der Waals surface area contributed by atoms with Crippen molar-refractivity contribution >= 4 is 21.9 Å². The van der Waals surface area contributed by atoms with Crippen molar-refractivity contribution in [1.82, 2.24) is 19.9 Å². The minimum absolute atomic E-state index is 0.173. The van der Waals surface area contributed by atoms with Gasteiger partial charge in [0.05, 0.1) is 0 Å². The van der Waals surface area contributed by atoms with E-state index < -0.39 is 0 Å². The van der Waals surface area contributed by atoms with E-state index in [9.17, 15) is 0 Å². The number of aromatic nitrogens is 4. The van der Waals surface area contributed by atoms with E-state index in [-0.39, 0.29) is 5.95 Å². The van der Waals surface area contributed by atoms with Crippen molar-refractivity contribution in [2.45, 2.75) is 0 Å². The maximum atomic E-state index is 5.78. The van der Waals surface area contributed by atoms with Crippen LogP contribution < -0.4 is 5.73 Å². The predicted molar refractivity (Wildman–Crippen MR) is 80.6 cm³/mol. The summed E-state index contributed by atoms with van der Waals surface area (Å²) in [6.45, 7) is 0. The van der Waals surface area contributed by atoms with Crippen LogP contribution in [0.15, 0.2) is 53.1 Å². The molecular weight excluding hydrogens is 318 g/mol. The van der Waals surface area contributed by atoms with Crippen LogP contribution in [0, 0.1) is 0 Å². The molecular formula is C14H10BrN5. The lowest BCUT2D eigenvalue weighted by Gasteiger charge is -2.05. The topological polar surface area (TPSA) is 77.6 Å². The third-order valence-corrected chi connectivity index (χ3v) is 3.29. The molecule has 2 aromatic heterocycles. The standard InChI is InChI=1S/C14H10BrN5/c15-10-7-4-8-17-11(10)13-18-12(19-14(16)20-13)9-5-2-1-3-6-9/h1-8H,(H2,16,18,19,20). The number of nitrogens with zero attached hydrogens (tertiary/aromatic N) is 4. The Morgan fingerprint density at radius 3 is 2.35 bits per heavy atom. The van der Waals surface area contributed by atoms with Gasteiger partial charge in [0.25, 0.3) is 0 Å². The van der Waals surface area contributed by atoms with Crippen LogP contribution in [0.25, 0.3) is 22.9 Å². The predicted octanol–water partition coefficient (Wildman–Crippen LogP) is 2.95. The summed E-state index contributed by atoms with van der Waals surface area (Å²) in [5, 5.41) is 0. The molecule has 0 amide bonds. The molecule has 0 fully saturated rings. The molecule has 0 aliphatic carbocycles. The molecule has 0 bridgehead atoms. The van der Waals surface area contributed by atoms with Crippen molar-refractivity contribution in [1.29, 1.82) is 0 Å². The molecule has 0 spiro atoms. The van der Waals surface area contributed by atoms with Crippen molar-refractivity contribution in [3.63, 3.8) is 0 Å². The molecule has 3 aromatic rings. The highest BCUT2D eigenvalue weighted by atomic mass is 79.9. The summed E-state index contributed by atoms with van der Waals surface area (Å²) in [4.78, 5) is 17.0. The molecule has 0 saturated carbocycles. The lowest BCUT2D eigenvalue weighted by molar-refractivity contribution is 1.06. The van der Waals surface area contributed by atoms with Gasteiger partial charge in [0, 0.05) is 16.2 Å². The van der Waals surface area contributed by atoms with Gasteiger partial charge in [0.1, 0.15) is 5.69 Å². The third kappa shape index (κ3) is 2.50. The zero-order valence-electron chi connectivity index (χ0n) is 10.4. The molecule has 0 aliphatic heterocycles. The number of nitrogen functional groups attached to an aromatic ring is 1. The van der Waals surface area contributed by atoms with Crippen molar-refractivity contribution in [3.8, 4) is 22.9 Å². The number of halogens is 1. The summed E-state index contributed by atoms with van der Waals surface area (Å²) in [5.41, 5.74) is 7.30. The maximum Gasteiger partial charge on any atom is 0.224 e. The van der Waals surface area contributed by atoms with Crippen LogP contribution in [0.3, 0.4) is 0 Å². The number of rotatable bonds is 2. The van der Waals surface area contributed by atoms with Crippen molar-refractivity contribution in [2.24, 2.45) is 0 Å². The molecule has 5 nitrogen and oxygen atoms in total. The number of benzene rings is 1. The Kier molecular flexibility index (Phi) is 3.39. The molecule has 0 unspecified atom stereocenters. The lowest BCUT2D eigenvalue weighted by atomic mass is 10.2. The minimum atomic E-state index is 0.173. The second-order valence-corrected chi connectivity index (χ2v) is 4.90. The van der Waals surface area contributed by atoms with E-state index in [0.717, 1.165) is 10.0 Å². The normalized spacial score (nSPS) is 10.4. The Labute approximate surface area is 124 Å².